The van der Waals surface area contributed by atoms with Gasteiger partial charge in [0.25, 0.3) is 5.56 Å². The van der Waals surface area contributed by atoms with E-state index in [0.29, 0.717) is 6.54 Å². The van der Waals surface area contributed by atoms with Crippen LogP contribution >= 0.6 is 15.9 Å². The first kappa shape index (κ1) is 13.5. The number of halogens is 1. The van der Waals surface area contributed by atoms with Gasteiger partial charge in [-0.1, -0.05) is 13.8 Å². The van der Waals surface area contributed by atoms with Crippen LogP contribution in [0.4, 0.5) is 0 Å². The van der Waals surface area contributed by atoms with E-state index in [1.165, 1.54) is 0 Å². The van der Waals surface area contributed by atoms with Gasteiger partial charge in [-0.3, -0.25) is 4.79 Å². The van der Waals surface area contributed by atoms with Gasteiger partial charge in [0.2, 0.25) is 0 Å². The van der Waals surface area contributed by atoms with E-state index < -0.39 is 0 Å². The van der Waals surface area contributed by atoms with Gasteiger partial charge >= 0.3 is 0 Å². The van der Waals surface area contributed by atoms with Gasteiger partial charge in [-0.2, -0.15) is 0 Å². The summed E-state index contributed by atoms with van der Waals surface area (Å²) in [5.74, 6) is 0. The highest BCUT2D eigenvalue weighted by molar-refractivity contribution is 9.10. The van der Waals surface area contributed by atoms with Crippen molar-refractivity contribution in [1.82, 2.24) is 4.57 Å². The molecule has 1 aromatic rings. The average molecular weight is 287 g/mol. The zero-order chi connectivity index (χ0) is 12.3. The third kappa shape index (κ3) is 2.95. The van der Waals surface area contributed by atoms with E-state index in [0.717, 1.165) is 22.9 Å². The topological polar surface area (TPSA) is 48.0 Å². The summed E-state index contributed by atoms with van der Waals surface area (Å²) >= 11 is 3.40. The zero-order valence-electron chi connectivity index (χ0n) is 10.1. The Kier molecular flexibility index (Phi) is 4.33. The second kappa shape index (κ2) is 5.15. The van der Waals surface area contributed by atoms with Crippen molar-refractivity contribution in [1.29, 1.82) is 0 Å². The number of aryl methyl sites for hydroxylation is 1. The highest BCUT2D eigenvalue weighted by Gasteiger charge is 2.21. The van der Waals surface area contributed by atoms with Gasteiger partial charge in [-0.05, 0) is 41.8 Å². The van der Waals surface area contributed by atoms with Crippen LogP contribution in [0.1, 0.15) is 32.3 Å². The Labute approximate surface area is 105 Å². The van der Waals surface area contributed by atoms with Crippen molar-refractivity contribution in [2.24, 2.45) is 5.73 Å². The first-order valence-electron chi connectivity index (χ1n) is 5.57. The molecule has 0 atom stereocenters. The maximum atomic E-state index is 11.9. The SMILES string of the molecule is CCC(N)(CC)Cn1cc(Br)cc(C)c1=O. The van der Waals surface area contributed by atoms with Crippen molar-refractivity contribution in [2.45, 2.75) is 45.7 Å². The Morgan fingerprint density at radius 1 is 1.44 bits per heavy atom. The number of hydrogen-bond acceptors (Lipinski definition) is 2. The Morgan fingerprint density at radius 2 is 2.00 bits per heavy atom. The Bertz CT molecular complexity index is 422. The summed E-state index contributed by atoms with van der Waals surface area (Å²) in [6.07, 6.45) is 3.53. The molecule has 0 unspecified atom stereocenters. The van der Waals surface area contributed by atoms with E-state index in [1.54, 1.807) is 4.57 Å². The number of rotatable bonds is 4. The summed E-state index contributed by atoms with van der Waals surface area (Å²) in [6.45, 7) is 6.50. The molecule has 0 aliphatic rings. The summed E-state index contributed by atoms with van der Waals surface area (Å²) in [5, 5.41) is 0. The molecule has 0 fully saturated rings. The summed E-state index contributed by atoms with van der Waals surface area (Å²) < 4.78 is 2.62. The number of nitrogens with zero attached hydrogens (tertiary/aromatic N) is 1. The molecule has 0 aromatic carbocycles. The Hall–Kier alpha value is -0.610. The maximum Gasteiger partial charge on any atom is 0.253 e. The van der Waals surface area contributed by atoms with E-state index in [2.05, 4.69) is 29.8 Å². The van der Waals surface area contributed by atoms with Crippen molar-refractivity contribution in [3.63, 3.8) is 0 Å². The molecule has 1 heterocycles. The normalized spacial score (nSPS) is 11.8. The fourth-order valence-electron chi connectivity index (χ4n) is 1.67. The third-order valence-corrected chi connectivity index (χ3v) is 3.56. The van der Waals surface area contributed by atoms with E-state index >= 15 is 0 Å². The standard InChI is InChI=1S/C12H19BrN2O/c1-4-12(14,5-2)8-15-7-10(13)6-9(3)11(15)16/h6-7H,4-5,8,14H2,1-3H3. The minimum Gasteiger partial charge on any atom is -0.324 e. The molecule has 0 saturated carbocycles. The van der Waals surface area contributed by atoms with E-state index in [-0.39, 0.29) is 11.1 Å². The lowest BCUT2D eigenvalue weighted by Gasteiger charge is -2.27. The van der Waals surface area contributed by atoms with E-state index in [1.807, 2.05) is 19.2 Å². The lowest BCUT2D eigenvalue weighted by molar-refractivity contribution is 0.334. The molecule has 2 N–H and O–H groups in total. The largest absolute Gasteiger partial charge is 0.324 e. The van der Waals surface area contributed by atoms with Crippen molar-refractivity contribution < 1.29 is 0 Å². The highest BCUT2D eigenvalue weighted by atomic mass is 79.9. The first-order valence-corrected chi connectivity index (χ1v) is 6.36. The van der Waals surface area contributed by atoms with Crippen LogP contribution in [-0.2, 0) is 6.54 Å². The molecule has 0 spiro atoms. The van der Waals surface area contributed by atoms with Crippen LogP contribution < -0.4 is 11.3 Å². The summed E-state index contributed by atoms with van der Waals surface area (Å²) in [5.41, 5.74) is 6.71. The molecule has 0 saturated heterocycles. The molecule has 3 nitrogen and oxygen atoms in total. The Morgan fingerprint density at radius 3 is 2.50 bits per heavy atom. The number of pyridine rings is 1. The van der Waals surface area contributed by atoms with Crippen LogP contribution in [-0.4, -0.2) is 10.1 Å². The number of aromatic nitrogens is 1. The van der Waals surface area contributed by atoms with Crippen molar-refractivity contribution in [2.75, 3.05) is 0 Å². The minimum absolute atomic E-state index is 0.0416. The summed E-state index contributed by atoms with van der Waals surface area (Å²) in [4.78, 5) is 11.9. The monoisotopic (exact) mass is 286 g/mol. The van der Waals surface area contributed by atoms with Crippen LogP contribution in [0.5, 0.6) is 0 Å². The quantitative estimate of drug-likeness (QED) is 0.924. The van der Waals surface area contributed by atoms with E-state index in [9.17, 15) is 4.79 Å². The van der Waals surface area contributed by atoms with Crippen LogP contribution in [0.2, 0.25) is 0 Å². The van der Waals surface area contributed by atoms with Crippen molar-refractivity contribution in [3.8, 4) is 0 Å². The average Bonchev–Trinajstić information content (AvgIpc) is 2.25. The second-order valence-electron chi connectivity index (χ2n) is 4.34. The number of hydrogen-bond donors (Lipinski definition) is 1. The van der Waals surface area contributed by atoms with Crippen LogP contribution in [0.3, 0.4) is 0 Å². The van der Waals surface area contributed by atoms with Crippen LogP contribution in [0.15, 0.2) is 21.5 Å². The fraction of sp³-hybridized carbons (Fsp3) is 0.583. The predicted octanol–water partition coefficient (Wildman–Crippen LogP) is 2.44. The third-order valence-electron chi connectivity index (χ3n) is 3.13. The Balaban J connectivity index is 3.10. The van der Waals surface area contributed by atoms with Crippen molar-refractivity contribution in [3.05, 3.63) is 32.7 Å². The highest BCUT2D eigenvalue weighted by Crippen LogP contribution is 2.15. The van der Waals surface area contributed by atoms with Gasteiger partial charge in [-0.25, -0.2) is 0 Å². The molecular weight excluding hydrogens is 268 g/mol. The molecule has 0 aliphatic carbocycles. The lowest BCUT2D eigenvalue weighted by atomic mass is 9.94. The summed E-state index contributed by atoms with van der Waals surface area (Å²) in [6, 6.07) is 1.83. The molecule has 0 amide bonds. The first-order chi connectivity index (χ1) is 7.41. The molecule has 0 bridgehead atoms. The molecule has 90 valence electrons. The molecule has 1 rings (SSSR count). The smallest absolute Gasteiger partial charge is 0.253 e. The molecule has 1 aromatic heterocycles. The number of nitrogens with two attached hydrogens (primary N) is 1. The summed E-state index contributed by atoms with van der Waals surface area (Å²) in [7, 11) is 0. The molecule has 4 heteroatoms. The van der Waals surface area contributed by atoms with Gasteiger partial charge in [0.1, 0.15) is 0 Å². The molecular formula is C12H19BrN2O. The minimum atomic E-state index is -0.295. The second-order valence-corrected chi connectivity index (χ2v) is 5.26. The van der Waals surface area contributed by atoms with Gasteiger partial charge < -0.3 is 10.3 Å². The predicted molar refractivity (Wildman–Crippen MR) is 70.6 cm³/mol. The fourth-order valence-corrected chi connectivity index (χ4v) is 2.26. The van der Waals surface area contributed by atoms with Gasteiger partial charge in [0, 0.05) is 28.3 Å². The van der Waals surface area contributed by atoms with Crippen LogP contribution in [0, 0.1) is 6.92 Å². The van der Waals surface area contributed by atoms with Crippen molar-refractivity contribution >= 4 is 15.9 Å². The molecule has 0 radical (unpaired) electrons. The molecule has 0 aliphatic heterocycles. The van der Waals surface area contributed by atoms with Gasteiger partial charge in [0.05, 0.1) is 0 Å². The van der Waals surface area contributed by atoms with Gasteiger partial charge in [0.15, 0.2) is 0 Å². The van der Waals surface area contributed by atoms with Gasteiger partial charge in [-0.15, -0.1) is 0 Å². The van der Waals surface area contributed by atoms with E-state index in [4.69, 9.17) is 5.73 Å². The van der Waals surface area contributed by atoms with Crippen LogP contribution in [0.25, 0.3) is 0 Å². The lowest BCUT2D eigenvalue weighted by Crippen LogP contribution is -2.45. The molecule has 16 heavy (non-hydrogen) atoms. The zero-order valence-corrected chi connectivity index (χ0v) is 11.7. The maximum absolute atomic E-state index is 11.9.